The van der Waals surface area contributed by atoms with E-state index in [1.54, 1.807) is 24.3 Å². The van der Waals surface area contributed by atoms with Gasteiger partial charge in [-0.05, 0) is 23.7 Å². The Kier molecular flexibility index (Phi) is 4.26. The molecule has 0 aliphatic carbocycles. The number of hydrogen-bond acceptors (Lipinski definition) is 6. The van der Waals surface area contributed by atoms with Crippen molar-refractivity contribution in [3.63, 3.8) is 0 Å². The van der Waals surface area contributed by atoms with Crippen LogP contribution in [0.1, 0.15) is 16.1 Å². The van der Waals surface area contributed by atoms with Gasteiger partial charge in [-0.3, -0.25) is 9.59 Å². The third-order valence-electron chi connectivity index (χ3n) is 2.59. The second-order valence-corrected chi connectivity index (χ2v) is 4.73. The lowest BCUT2D eigenvalue weighted by Gasteiger charge is -2.22. The number of carboxylic acids is 1. The molecule has 2 rings (SSSR count). The summed E-state index contributed by atoms with van der Waals surface area (Å²) in [5.74, 6) is -1.35. The van der Waals surface area contributed by atoms with E-state index >= 15 is 0 Å². The van der Waals surface area contributed by atoms with E-state index in [9.17, 15) is 9.59 Å². The summed E-state index contributed by atoms with van der Waals surface area (Å²) >= 11 is 0.954. The van der Waals surface area contributed by atoms with Crippen LogP contribution in [0.4, 0.5) is 11.4 Å². The lowest BCUT2D eigenvalue weighted by Crippen LogP contribution is -2.33. The van der Waals surface area contributed by atoms with Crippen molar-refractivity contribution in [2.45, 2.75) is 6.42 Å². The molecule has 2 aromatic rings. The summed E-state index contributed by atoms with van der Waals surface area (Å²) in [5.41, 5.74) is 6.73. The third-order valence-corrected chi connectivity index (χ3v) is 3.25. The van der Waals surface area contributed by atoms with E-state index in [1.807, 2.05) is 0 Å². The van der Waals surface area contributed by atoms with Crippen LogP contribution in [0.25, 0.3) is 0 Å². The second kappa shape index (κ2) is 6.11. The van der Waals surface area contributed by atoms with Crippen molar-refractivity contribution in [2.75, 3.05) is 17.2 Å². The molecule has 1 aromatic heterocycles. The van der Waals surface area contributed by atoms with Crippen LogP contribution in [-0.2, 0) is 4.79 Å². The van der Waals surface area contributed by atoms with E-state index < -0.39 is 5.97 Å². The molecule has 0 fully saturated rings. The molecule has 0 bridgehead atoms. The predicted octanol–water partition coefficient (Wildman–Crippen LogP) is 1.24. The minimum Gasteiger partial charge on any atom is -0.481 e. The number of para-hydroxylation sites is 2. The van der Waals surface area contributed by atoms with Gasteiger partial charge in [0.2, 0.25) is 0 Å². The highest BCUT2D eigenvalue weighted by Gasteiger charge is 2.21. The number of carbonyl (C=O) groups is 2. The van der Waals surface area contributed by atoms with Crippen molar-refractivity contribution in [1.82, 2.24) is 9.59 Å². The van der Waals surface area contributed by atoms with E-state index in [0.717, 1.165) is 11.5 Å². The van der Waals surface area contributed by atoms with Crippen LogP contribution < -0.4 is 10.6 Å². The van der Waals surface area contributed by atoms with Crippen molar-refractivity contribution in [3.05, 3.63) is 35.3 Å². The number of carboxylic acid groups (broad SMARTS) is 1. The smallest absolute Gasteiger partial charge is 0.305 e. The van der Waals surface area contributed by atoms with Crippen LogP contribution in [0.15, 0.2) is 30.5 Å². The van der Waals surface area contributed by atoms with Gasteiger partial charge in [0.05, 0.1) is 24.0 Å². The van der Waals surface area contributed by atoms with Gasteiger partial charge in [-0.2, -0.15) is 0 Å². The number of nitrogen functional groups attached to an aromatic ring is 1. The fourth-order valence-corrected chi connectivity index (χ4v) is 2.13. The number of benzene rings is 1. The molecule has 0 saturated heterocycles. The summed E-state index contributed by atoms with van der Waals surface area (Å²) in [5, 5.41) is 12.4. The average molecular weight is 292 g/mol. The monoisotopic (exact) mass is 292 g/mol. The van der Waals surface area contributed by atoms with Crippen LogP contribution in [0.5, 0.6) is 0 Å². The maximum absolute atomic E-state index is 12.4. The molecule has 1 aromatic carbocycles. The quantitative estimate of drug-likeness (QED) is 0.802. The molecule has 8 heteroatoms. The first-order chi connectivity index (χ1) is 9.59. The molecule has 20 heavy (non-hydrogen) atoms. The SMILES string of the molecule is Nc1ccccc1N(CCC(=O)O)C(=O)c1cnns1. The van der Waals surface area contributed by atoms with Crippen molar-refractivity contribution >= 4 is 34.8 Å². The number of nitrogens with zero attached hydrogens (tertiary/aromatic N) is 3. The Morgan fingerprint density at radius 2 is 2.10 bits per heavy atom. The highest BCUT2D eigenvalue weighted by atomic mass is 32.1. The van der Waals surface area contributed by atoms with Gasteiger partial charge in [-0.1, -0.05) is 16.6 Å². The van der Waals surface area contributed by atoms with E-state index in [-0.39, 0.29) is 18.9 Å². The number of amides is 1. The maximum atomic E-state index is 12.4. The Labute approximate surface area is 118 Å². The van der Waals surface area contributed by atoms with E-state index in [1.165, 1.54) is 11.1 Å². The predicted molar refractivity (Wildman–Crippen MR) is 74.7 cm³/mol. The number of aromatic nitrogens is 2. The molecule has 0 aliphatic heterocycles. The molecule has 7 nitrogen and oxygen atoms in total. The summed E-state index contributed by atoms with van der Waals surface area (Å²) < 4.78 is 3.63. The van der Waals surface area contributed by atoms with Crippen LogP contribution >= 0.6 is 11.5 Å². The standard InChI is InChI=1S/C12H12N4O3S/c13-8-3-1-2-4-9(8)16(6-5-11(17)18)12(19)10-7-14-15-20-10/h1-4,7H,5-6,13H2,(H,17,18). The molecule has 1 amide bonds. The number of hydrogen-bond donors (Lipinski definition) is 2. The van der Waals surface area contributed by atoms with Crippen molar-refractivity contribution < 1.29 is 14.7 Å². The molecule has 0 aliphatic rings. The first kappa shape index (κ1) is 13.9. The lowest BCUT2D eigenvalue weighted by molar-refractivity contribution is -0.136. The molecule has 0 radical (unpaired) electrons. The highest BCUT2D eigenvalue weighted by molar-refractivity contribution is 7.07. The molecular formula is C12H12N4O3S. The van der Waals surface area contributed by atoms with Gasteiger partial charge in [0.1, 0.15) is 4.88 Å². The summed E-state index contributed by atoms with van der Waals surface area (Å²) in [7, 11) is 0. The number of aliphatic carboxylic acids is 1. The summed E-state index contributed by atoms with van der Waals surface area (Å²) in [6.07, 6.45) is 1.17. The molecule has 0 saturated carbocycles. The van der Waals surface area contributed by atoms with E-state index in [4.69, 9.17) is 10.8 Å². The summed E-state index contributed by atoms with van der Waals surface area (Å²) in [6, 6.07) is 6.80. The Balaban J connectivity index is 2.32. The number of carbonyl (C=O) groups excluding carboxylic acids is 1. The zero-order valence-corrected chi connectivity index (χ0v) is 11.2. The van der Waals surface area contributed by atoms with Gasteiger partial charge in [-0.15, -0.1) is 5.10 Å². The van der Waals surface area contributed by atoms with Crippen molar-refractivity contribution in [3.8, 4) is 0 Å². The number of anilines is 2. The molecule has 3 N–H and O–H groups in total. The minimum atomic E-state index is -0.986. The molecule has 104 valence electrons. The largest absolute Gasteiger partial charge is 0.481 e. The van der Waals surface area contributed by atoms with Crippen molar-refractivity contribution in [2.24, 2.45) is 0 Å². The Morgan fingerprint density at radius 1 is 1.35 bits per heavy atom. The highest BCUT2D eigenvalue weighted by Crippen LogP contribution is 2.25. The van der Waals surface area contributed by atoms with Gasteiger partial charge in [0.25, 0.3) is 5.91 Å². The summed E-state index contributed by atoms with van der Waals surface area (Å²) in [6.45, 7) is 0.0281. The molecule has 0 atom stereocenters. The topological polar surface area (TPSA) is 109 Å². The maximum Gasteiger partial charge on any atom is 0.305 e. The fraction of sp³-hybridized carbons (Fsp3) is 0.167. The minimum absolute atomic E-state index is 0.0281. The van der Waals surface area contributed by atoms with Gasteiger partial charge < -0.3 is 15.7 Å². The van der Waals surface area contributed by atoms with Gasteiger partial charge in [-0.25, -0.2) is 0 Å². The van der Waals surface area contributed by atoms with Crippen LogP contribution in [0, 0.1) is 0 Å². The number of rotatable bonds is 5. The van der Waals surface area contributed by atoms with Gasteiger partial charge in [0, 0.05) is 6.54 Å². The van der Waals surface area contributed by atoms with Gasteiger partial charge >= 0.3 is 5.97 Å². The van der Waals surface area contributed by atoms with Crippen LogP contribution in [0.2, 0.25) is 0 Å². The Bertz CT molecular complexity index is 615. The van der Waals surface area contributed by atoms with E-state index in [0.29, 0.717) is 16.3 Å². The average Bonchev–Trinajstić information content (AvgIpc) is 2.94. The summed E-state index contributed by atoms with van der Waals surface area (Å²) in [4.78, 5) is 24.8. The van der Waals surface area contributed by atoms with Crippen molar-refractivity contribution in [1.29, 1.82) is 0 Å². The second-order valence-electron chi connectivity index (χ2n) is 3.94. The normalized spacial score (nSPS) is 10.2. The van der Waals surface area contributed by atoms with Gasteiger partial charge in [0.15, 0.2) is 0 Å². The third kappa shape index (κ3) is 3.09. The number of nitrogens with two attached hydrogens (primary N) is 1. The van der Waals surface area contributed by atoms with Crippen LogP contribution in [0.3, 0.4) is 0 Å². The Morgan fingerprint density at radius 3 is 2.70 bits per heavy atom. The first-order valence-corrected chi connectivity index (χ1v) is 6.52. The first-order valence-electron chi connectivity index (χ1n) is 5.75. The Hall–Kier alpha value is -2.48. The zero-order chi connectivity index (χ0) is 14.5. The van der Waals surface area contributed by atoms with Crippen LogP contribution in [-0.4, -0.2) is 33.1 Å². The van der Waals surface area contributed by atoms with E-state index in [2.05, 4.69) is 9.59 Å². The fourth-order valence-electron chi connectivity index (χ4n) is 1.67. The lowest BCUT2D eigenvalue weighted by atomic mass is 10.2. The molecule has 0 spiro atoms. The molecular weight excluding hydrogens is 280 g/mol. The molecule has 1 heterocycles. The molecule has 0 unspecified atom stereocenters. The zero-order valence-electron chi connectivity index (χ0n) is 10.4.